The lowest BCUT2D eigenvalue weighted by molar-refractivity contribution is -0.111. The SMILES string of the molecule is Cn1ccnc1CNC(=O)OC1CCc2c(sc(NC(=O)/C=C/c3ccco3)c2C#N)C1. The summed E-state index contributed by atoms with van der Waals surface area (Å²) in [5, 5.41) is 15.6. The van der Waals surface area contributed by atoms with Crippen molar-refractivity contribution in [1.82, 2.24) is 14.9 Å². The highest BCUT2D eigenvalue weighted by Gasteiger charge is 2.28. The Morgan fingerprint density at radius 1 is 1.50 bits per heavy atom. The molecule has 10 heteroatoms. The van der Waals surface area contributed by atoms with Crippen LogP contribution in [-0.2, 0) is 36.0 Å². The summed E-state index contributed by atoms with van der Waals surface area (Å²) in [6.45, 7) is 0.277. The largest absolute Gasteiger partial charge is 0.465 e. The van der Waals surface area contributed by atoms with Crippen molar-refractivity contribution in [1.29, 1.82) is 5.26 Å². The summed E-state index contributed by atoms with van der Waals surface area (Å²) in [6, 6.07) is 5.67. The van der Waals surface area contributed by atoms with Gasteiger partial charge in [0.2, 0.25) is 5.91 Å². The number of nitrogens with one attached hydrogen (secondary N) is 2. The van der Waals surface area contributed by atoms with Crippen molar-refractivity contribution < 1.29 is 18.7 Å². The zero-order valence-corrected chi connectivity index (χ0v) is 18.1. The highest BCUT2D eigenvalue weighted by Crippen LogP contribution is 2.38. The molecule has 0 saturated heterocycles. The number of carbonyl (C=O) groups excluding carboxylic acids is 2. The van der Waals surface area contributed by atoms with Crippen LogP contribution in [0.4, 0.5) is 9.80 Å². The zero-order chi connectivity index (χ0) is 22.5. The standard InChI is InChI=1S/C22H21N5O4S/c1-27-9-8-24-19(27)13-25-22(29)31-15-4-6-16-17(12-23)21(32-18(16)11-15)26-20(28)7-5-14-3-2-10-30-14/h2-3,5,7-10,15H,4,6,11,13H2,1H3,(H,25,29)(H,26,28)/b7-5+. The van der Waals surface area contributed by atoms with Crippen molar-refractivity contribution in [2.45, 2.75) is 31.9 Å². The minimum Gasteiger partial charge on any atom is -0.465 e. The molecule has 32 heavy (non-hydrogen) atoms. The summed E-state index contributed by atoms with van der Waals surface area (Å²) >= 11 is 1.35. The molecule has 3 aromatic heterocycles. The van der Waals surface area contributed by atoms with Gasteiger partial charge in [-0.2, -0.15) is 5.26 Å². The van der Waals surface area contributed by atoms with Gasteiger partial charge in [-0.05, 0) is 36.6 Å². The average molecular weight is 452 g/mol. The van der Waals surface area contributed by atoms with Gasteiger partial charge in [0.05, 0.1) is 18.4 Å². The highest BCUT2D eigenvalue weighted by atomic mass is 32.1. The van der Waals surface area contributed by atoms with Crippen molar-refractivity contribution in [3.63, 3.8) is 0 Å². The van der Waals surface area contributed by atoms with Crippen LogP contribution < -0.4 is 10.6 Å². The number of amides is 2. The number of aromatic nitrogens is 2. The lowest BCUT2D eigenvalue weighted by atomic mass is 9.94. The maximum atomic E-state index is 12.3. The molecule has 1 aliphatic carbocycles. The Hall–Kier alpha value is -3.84. The summed E-state index contributed by atoms with van der Waals surface area (Å²) in [5.41, 5.74) is 1.39. The molecule has 2 amide bonds. The Morgan fingerprint density at radius 3 is 3.09 bits per heavy atom. The molecule has 164 valence electrons. The van der Waals surface area contributed by atoms with Crippen LogP contribution in [0.3, 0.4) is 0 Å². The third-order valence-corrected chi connectivity index (χ3v) is 6.27. The van der Waals surface area contributed by atoms with Crippen molar-refractivity contribution in [2.75, 3.05) is 5.32 Å². The number of nitriles is 1. The summed E-state index contributed by atoms with van der Waals surface area (Å²) in [5.74, 6) is 0.941. The number of imidazole rings is 1. The summed E-state index contributed by atoms with van der Waals surface area (Å²) in [7, 11) is 1.85. The second-order valence-corrected chi connectivity index (χ2v) is 8.34. The first-order chi connectivity index (χ1) is 15.5. The first-order valence-corrected chi connectivity index (χ1v) is 10.8. The molecule has 2 N–H and O–H groups in total. The van der Waals surface area contributed by atoms with Crippen LogP contribution in [0.2, 0.25) is 0 Å². The number of ether oxygens (including phenoxy) is 1. The number of furan rings is 1. The van der Waals surface area contributed by atoms with Gasteiger partial charge in [0.15, 0.2) is 0 Å². The van der Waals surface area contributed by atoms with E-state index in [0.717, 1.165) is 16.3 Å². The molecule has 3 aromatic rings. The highest BCUT2D eigenvalue weighted by molar-refractivity contribution is 7.16. The Morgan fingerprint density at radius 2 is 2.38 bits per heavy atom. The second-order valence-electron chi connectivity index (χ2n) is 7.24. The number of aryl methyl sites for hydroxylation is 1. The normalized spacial score (nSPS) is 15.2. The van der Waals surface area contributed by atoms with E-state index in [4.69, 9.17) is 9.15 Å². The quantitative estimate of drug-likeness (QED) is 0.554. The van der Waals surface area contributed by atoms with Gasteiger partial charge in [0.1, 0.15) is 28.8 Å². The molecule has 3 heterocycles. The number of anilines is 1. The predicted octanol–water partition coefficient (Wildman–Crippen LogP) is 3.38. The van der Waals surface area contributed by atoms with Crippen LogP contribution in [0.15, 0.2) is 41.3 Å². The number of alkyl carbamates (subject to hydrolysis) is 1. The van der Waals surface area contributed by atoms with Gasteiger partial charge in [0.25, 0.3) is 0 Å². The zero-order valence-electron chi connectivity index (χ0n) is 17.3. The second kappa shape index (κ2) is 9.53. The molecule has 0 radical (unpaired) electrons. The van der Waals surface area contributed by atoms with E-state index in [-0.39, 0.29) is 18.6 Å². The minimum absolute atomic E-state index is 0.277. The molecule has 0 spiro atoms. The van der Waals surface area contributed by atoms with E-state index >= 15 is 0 Å². The lowest BCUT2D eigenvalue weighted by Gasteiger charge is -2.22. The van der Waals surface area contributed by atoms with Gasteiger partial charge in [-0.15, -0.1) is 11.3 Å². The van der Waals surface area contributed by atoms with E-state index in [1.54, 1.807) is 30.6 Å². The fraction of sp³-hybridized carbons (Fsp3) is 0.273. The number of fused-ring (bicyclic) bond motifs is 1. The maximum Gasteiger partial charge on any atom is 0.407 e. The molecule has 1 atom stereocenters. The molecule has 0 saturated carbocycles. The fourth-order valence-electron chi connectivity index (χ4n) is 3.47. The molecule has 0 fully saturated rings. The van der Waals surface area contributed by atoms with Gasteiger partial charge in [0, 0.05) is 36.8 Å². The molecule has 1 unspecified atom stereocenters. The molecular formula is C22H21N5O4S. The van der Waals surface area contributed by atoms with Gasteiger partial charge in [-0.25, -0.2) is 9.78 Å². The molecule has 0 aromatic carbocycles. The topological polar surface area (TPSA) is 122 Å². The molecule has 4 rings (SSSR count). The third-order valence-electron chi connectivity index (χ3n) is 5.10. The Balaban J connectivity index is 1.36. The van der Waals surface area contributed by atoms with Crippen molar-refractivity contribution in [3.05, 3.63) is 64.5 Å². The molecule has 9 nitrogen and oxygen atoms in total. The van der Waals surface area contributed by atoms with Gasteiger partial charge < -0.3 is 24.4 Å². The van der Waals surface area contributed by atoms with E-state index in [0.29, 0.717) is 35.6 Å². The smallest absolute Gasteiger partial charge is 0.407 e. The number of thiophene rings is 1. The first kappa shape index (κ1) is 21.4. The minimum atomic E-state index is -0.505. The fourth-order valence-corrected chi connectivity index (χ4v) is 4.74. The van der Waals surface area contributed by atoms with Crippen molar-refractivity contribution in [3.8, 4) is 6.07 Å². The van der Waals surface area contributed by atoms with Gasteiger partial charge in [-0.3, -0.25) is 4.79 Å². The van der Waals surface area contributed by atoms with E-state index in [1.807, 2.05) is 11.6 Å². The van der Waals surface area contributed by atoms with Crippen LogP contribution in [0.25, 0.3) is 6.08 Å². The predicted molar refractivity (Wildman–Crippen MR) is 118 cm³/mol. The Bertz CT molecular complexity index is 1190. The van der Waals surface area contributed by atoms with Crippen LogP contribution >= 0.6 is 11.3 Å². The first-order valence-electron chi connectivity index (χ1n) is 10.0. The monoisotopic (exact) mass is 451 g/mol. The number of hydrogen-bond acceptors (Lipinski definition) is 7. The molecule has 0 aliphatic heterocycles. The summed E-state index contributed by atoms with van der Waals surface area (Å²) < 4.78 is 12.5. The van der Waals surface area contributed by atoms with Crippen molar-refractivity contribution in [2.24, 2.45) is 7.05 Å². The lowest BCUT2D eigenvalue weighted by Crippen LogP contribution is -2.32. The molecule has 0 bridgehead atoms. The van der Waals surface area contributed by atoms with Gasteiger partial charge >= 0.3 is 6.09 Å². The van der Waals surface area contributed by atoms with E-state index in [2.05, 4.69) is 21.7 Å². The molecular weight excluding hydrogens is 430 g/mol. The summed E-state index contributed by atoms with van der Waals surface area (Å²) in [6.07, 6.45) is 8.82. The third kappa shape index (κ3) is 4.90. The van der Waals surface area contributed by atoms with E-state index < -0.39 is 6.09 Å². The van der Waals surface area contributed by atoms with E-state index in [1.165, 1.54) is 23.7 Å². The number of rotatable bonds is 6. The van der Waals surface area contributed by atoms with Crippen molar-refractivity contribution >= 4 is 34.4 Å². The summed E-state index contributed by atoms with van der Waals surface area (Å²) in [4.78, 5) is 29.5. The van der Waals surface area contributed by atoms with Crippen LogP contribution in [0.1, 0.15) is 34.0 Å². The van der Waals surface area contributed by atoms with Crippen LogP contribution in [0, 0.1) is 11.3 Å². The Kier molecular flexibility index (Phi) is 6.37. The van der Waals surface area contributed by atoms with Crippen LogP contribution in [0.5, 0.6) is 0 Å². The van der Waals surface area contributed by atoms with E-state index in [9.17, 15) is 14.9 Å². The van der Waals surface area contributed by atoms with Crippen LogP contribution in [-0.4, -0.2) is 27.7 Å². The van der Waals surface area contributed by atoms with Gasteiger partial charge in [-0.1, -0.05) is 0 Å². The number of nitrogens with zero attached hydrogens (tertiary/aromatic N) is 3. The average Bonchev–Trinajstić information content (AvgIpc) is 3.50. The number of hydrogen-bond donors (Lipinski definition) is 2. The number of carbonyl (C=O) groups is 2. The Labute approximate surface area is 188 Å². The molecule has 1 aliphatic rings. The maximum absolute atomic E-state index is 12.3.